The number of aromatic nitrogens is 2. The summed E-state index contributed by atoms with van der Waals surface area (Å²) in [5.41, 5.74) is 6.05. The Kier molecular flexibility index (Phi) is 5.56. The molecule has 5 rings (SSSR count). The van der Waals surface area contributed by atoms with Gasteiger partial charge in [-0.15, -0.1) is 0 Å². The Bertz CT molecular complexity index is 1320. The van der Waals surface area contributed by atoms with Gasteiger partial charge in [-0.3, -0.25) is 4.98 Å². The van der Waals surface area contributed by atoms with Crippen molar-refractivity contribution >= 4 is 34.6 Å². The lowest BCUT2D eigenvalue weighted by Crippen LogP contribution is -2.29. The minimum atomic E-state index is -0.146. The maximum absolute atomic E-state index is 9.82. The van der Waals surface area contributed by atoms with Gasteiger partial charge < -0.3 is 19.9 Å². The molecule has 1 saturated heterocycles. The number of benzene rings is 2. The van der Waals surface area contributed by atoms with E-state index >= 15 is 0 Å². The molecular weight excluding hydrogens is 452 g/mol. The second-order valence-electron chi connectivity index (χ2n) is 8.13. The van der Waals surface area contributed by atoms with Crippen LogP contribution < -0.4 is 10.2 Å². The number of anilines is 1. The molecule has 1 fully saturated rings. The summed E-state index contributed by atoms with van der Waals surface area (Å²) in [5, 5.41) is 14.6. The molecule has 0 bridgehead atoms. The van der Waals surface area contributed by atoms with Crippen molar-refractivity contribution in [3.63, 3.8) is 0 Å². The molecule has 0 amide bonds. The third-order valence-corrected chi connectivity index (χ3v) is 6.74. The minimum absolute atomic E-state index is 0.139. The number of pyridine rings is 1. The van der Waals surface area contributed by atoms with Crippen LogP contribution in [0.4, 0.5) is 5.69 Å². The fourth-order valence-corrected chi connectivity index (χ4v) is 5.22. The third kappa shape index (κ3) is 3.75. The highest BCUT2D eigenvalue weighted by Gasteiger charge is 2.42. The van der Waals surface area contributed by atoms with Crippen LogP contribution in [0.15, 0.2) is 79.0 Å². The number of thiocarbonyl (C=S) groups is 1. The number of hydrogen-bond acceptors (Lipinski definition) is 3. The van der Waals surface area contributed by atoms with Crippen LogP contribution in [0.2, 0.25) is 5.02 Å². The van der Waals surface area contributed by atoms with Crippen molar-refractivity contribution in [2.75, 3.05) is 4.90 Å². The molecule has 2 atom stereocenters. The van der Waals surface area contributed by atoms with Crippen molar-refractivity contribution in [1.29, 1.82) is 0 Å². The first-order chi connectivity index (χ1) is 16.0. The van der Waals surface area contributed by atoms with Crippen molar-refractivity contribution in [2.24, 2.45) is 0 Å². The van der Waals surface area contributed by atoms with Crippen LogP contribution in [-0.4, -0.2) is 19.8 Å². The Hall–Kier alpha value is -3.35. The molecule has 166 valence electrons. The average molecular weight is 475 g/mol. The van der Waals surface area contributed by atoms with Gasteiger partial charge in [0, 0.05) is 23.3 Å². The molecule has 3 heterocycles. The van der Waals surface area contributed by atoms with Gasteiger partial charge in [0.15, 0.2) is 5.11 Å². The predicted molar refractivity (Wildman–Crippen MR) is 136 cm³/mol. The topological polar surface area (TPSA) is 53.3 Å². The van der Waals surface area contributed by atoms with Gasteiger partial charge in [0.1, 0.15) is 5.75 Å². The lowest BCUT2D eigenvalue weighted by Gasteiger charge is -2.28. The number of rotatable bonds is 4. The lowest BCUT2D eigenvalue weighted by molar-refractivity contribution is 0.475. The first-order valence-corrected chi connectivity index (χ1v) is 11.5. The molecule has 0 saturated carbocycles. The summed E-state index contributed by atoms with van der Waals surface area (Å²) in [6.07, 6.45) is 1.80. The average Bonchev–Trinajstić information content (AvgIpc) is 3.31. The Morgan fingerprint density at radius 2 is 1.73 bits per heavy atom. The number of aromatic hydroxyl groups is 1. The Balaban J connectivity index is 1.69. The fraction of sp³-hybridized carbons (Fsp3) is 0.154. The molecule has 2 aromatic carbocycles. The zero-order valence-corrected chi connectivity index (χ0v) is 19.8. The van der Waals surface area contributed by atoms with Gasteiger partial charge in [-0.05, 0) is 86.2 Å². The van der Waals surface area contributed by atoms with Crippen LogP contribution in [-0.2, 0) is 0 Å². The first-order valence-electron chi connectivity index (χ1n) is 10.7. The van der Waals surface area contributed by atoms with Crippen LogP contribution in [0.1, 0.15) is 34.7 Å². The summed E-state index contributed by atoms with van der Waals surface area (Å²) in [4.78, 5) is 6.73. The maximum atomic E-state index is 9.82. The molecule has 7 heteroatoms. The molecule has 2 aromatic heterocycles. The smallest absolute Gasteiger partial charge is 0.174 e. The second kappa shape index (κ2) is 8.54. The van der Waals surface area contributed by atoms with Gasteiger partial charge in [0.25, 0.3) is 0 Å². The van der Waals surface area contributed by atoms with E-state index in [1.165, 1.54) is 0 Å². The highest BCUT2D eigenvalue weighted by atomic mass is 35.5. The third-order valence-electron chi connectivity index (χ3n) is 6.11. The molecule has 0 radical (unpaired) electrons. The number of para-hydroxylation sites is 1. The second-order valence-corrected chi connectivity index (χ2v) is 8.92. The summed E-state index contributed by atoms with van der Waals surface area (Å²) in [6, 6.07) is 22.8. The van der Waals surface area contributed by atoms with E-state index in [1.807, 2.05) is 54.6 Å². The summed E-state index contributed by atoms with van der Waals surface area (Å²) < 4.78 is 2.18. The fourth-order valence-electron chi connectivity index (χ4n) is 4.65. The molecule has 0 spiro atoms. The van der Waals surface area contributed by atoms with Crippen molar-refractivity contribution in [3.8, 4) is 11.4 Å². The van der Waals surface area contributed by atoms with E-state index in [9.17, 15) is 5.11 Å². The van der Waals surface area contributed by atoms with E-state index in [0.29, 0.717) is 10.1 Å². The lowest BCUT2D eigenvalue weighted by atomic mass is 9.96. The number of phenols is 1. The van der Waals surface area contributed by atoms with Crippen LogP contribution in [0.5, 0.6) is 5.75 Å². The van der Waals surface area contributed by atoms with Crippen LogP contribution in [0, 0.1) is 13.8 Å². The highest BCUT2D eigenvalue weighted by molar-refractivity contribution is 7.80. The number of halogens is 1. The van der Waals surface area contributed by atoms with E-state index in [2.05, 4.69) is 39.7 Å². The number of nitrogens with zero attached hydrogens (tertiary/aromatic N) is 3. The first kappa shape index (κ1) is 21.5. The molecule has 0 aliphatic carbocycles. The Labute approximate surface area is 203 Å². The van der Waals surface area contributed by atoms with Crippen LogP contribution >= 0.6 is 23.8 Å². The summed E-state index contributed by atoms with van der Waals surface area (Å²) in [7, 11) is 0. The maximum Gasteiger partial charge on any atom is 0.174 e. The van der Waals surface area contributed by atoms with E-state index in [0.717, 1.165) is 34.0 Å². The highest BCUT2D eigenvalue weighted by Crippen LogP contribution is 2.44. The van der Waals surface area contributed by atoms with Crippen LogP contribution in [0.3, 0.4) is 0 Å². The number of aryl methyl sites for hydroxylation is 1. The summed E-state index contributed by atoms with van der Waals surface area (Å²) in [5.74, 6) is 0.214. The van der Waals surface area contributed by atoms with Gasteiger partial charge in [0.2, 0.25) is 0 Å². The molecule has 1 aliphatic heterocycles. The number of hydrogen-bond donors (Lipinski definition) is 2. The summed E-state index contributed by atoms with van der Waals surface area (Å²) >= 11 is 12.4. The van der Waals surface area contributed by atoms with Crippen molar-refractivity contribution in [2.45, 2.75) is 25.9 Å². The zero-order chi connectivity index (χ0) is 23.1. The normalized spacial score (nSPS) is 17.9. The molecule has 0 unspecified atom stereocenters. The van der Waals surface area contributed by atoms with E-state index in [1.54, 1.807) is 18.3 Å². The Morgan fingerprint density at radius 1 is 1.00 bits per heavy atom. The van der Waals surface area contributed by atoms with E-state index in [-0.39, 0.29) is 17.8 Å². The Morgan fingerprint density at radius 3 is 2.42 bits per heavy atom. The predicted octanol–water partition coefficient (Wildman–Crippen LogP) is 6.03. The van der Waals surface area contributed by atoms with Crippen molar-refractivity contribution in [1.82, 2.24) is 14.9 Å². The largest absolute Gasteiger partial charge is 0.508 e. The minimum Gasteiger partial charge on any atom is -0.508 e. The number of phenolic OH excluding ortho intramolecular Hbond substituents is 1. The summed E-state index contributed by atoms with van der Waals surface area (Å²) in [6.45, 7) is 4.19. The molecule has 5 nitrogen and oxygen atoms in total. The molecular formula is C26H23ClN4OS. The van der Waals surface area contributed by atoms with Gasteiger partial charge in [-0.2, -0.15) is 0 Å². The van der Waals surface area contributed by atoms with Gasteiger partial charge in [-0.25, -0.2) is 0 Å². The SMILES string of the molecule is Cc1cc([C@@H]2[C@@H](c3ccccn3)NC(=S)N2c2ccc(O)cc2)c(C)n1-c1ccccc1Cl. The van der Waals surface area contributed by atoms with Crippen molar-refractivity contribution < 1.29 is 5.11 Å². The zero-order valence-electron chi connectivity index (χ0n) is 18.2. The van der Waals surface area contributed by atoms with Crippen molar-refractivity contribution in [3.05, 3.63) is 107 Å². The standard InChI is InChI=1S/C26H23ClN4OS/c1-16-15-20(17(2)30(16)23-9-4-3-7-21(23)27)25-24(22-8-5-6-14-28-22)29-26(33)31(25)18-10-12-19(32)13-11-18/h3-15,24-25,32H,1-2H3,(H,29,33)/t24-,25-/m1/s1. The van der Waals surface area contributed by atoms with E-state index in [4.69, 9.17) is 23.8 Å². The van der Waals surface area contributed by atoms with Gasteiger partial charge in [-0.1, -0.05) is 29.8 Å². The molecule has 4 aromatic rings. The monoisotopic (exact) mass is 474 g/mol. The van der Waals surface area contributed by atoms with Gasteiger partial charge >= 0.3 is 0 Å². The molecule has 2 N–H and O–H groups in total. The van der Waals surface area contributed by atoms with E-state index < -0.39 is 0 Å². The van der Waals surface area contributed by atoms with Gasteiger partial charge in [0.05, 0.1) is 28.5 Å². The molecule has 1 aliphatic rings. The quantitative estimate of drug-likeness (QED) is 0.354. The molecule has 33 heavy (non-hydrogen) atoms. The van der Waals surface area contributed by atoms with Crippen LogP contribution in [0.25, 0.3) is 5.69 Å². The number of nitrogens with one attached hydrogen (secondary N) is 1.